The maximum Gasteiger partial charge on any atom is 0.260 e. The Morgan fingerprint density at radius 1 is 1.18 bits per heavy atom. The number of ether oxygens (including phenoxy) is 1. The van der Waals surface area contributed by atoms with E-state index in [0.717, 1.165) is 29.5 Å². The number of fused-ring (bicyclic) bond motifs is 1. The van der Waals surface area contributed by atoms with Gasteiger partial charge >= 0.3 is 0 Å². The third-order valence-electron chi connectivity index (χ3n) is 3.48. The van der Waals surface area contributed by atoms with E-state index >= 15 is 0 Å². The Hall–Kier alpha value is -2.07. The van der Waals surface area contributed by atoms with Crippen molar-refractivity contribution in [3.05, 3.63) is 42.5 Å². The summed E-state index contributed by atoms with van der Waals surface area (Å²) < 4.78 is 5.74. The molecule has 0 aliphatic heterocycles. The zero-order valence-electron chi connectivity index (χ0n) is 13.5. The molecule has 0 heterocycles. The molecule has 1 atom stereocenters. The molecule has 2 rings (SSSR count). The van der Waals surface area contributed by atoms with E-state index in [4.69, 9.17) is 4.74 Å². The van der Waals surface area contributed by atoms with E-state index in [9.17, 15) is 4.79 Å². The topological polar surface area (TPSA) is 41.6 Å². The molecular weight excluding hydrogens is 276 g/mol. The Morgan fingerprint density at radius 2 is 1.91 bits per heavy atom. The van der Waals surface area contributed by atoms with Gasteiger partial charge in [-0.25, -0.2) is 0 Å². The maximum absolute atomic E-state index is 12.0. The summed E-state index contributed by atoms with van der Waals surface area (Å²) in [7, 11) is 4.04. The first-order valence-electron chi connectivity index (χ1n) is 7.64. The van der Waals surface area contributed by atoms with Gasteiger partial charge in [-0.3, -0.25) is 4.79 Å². The normalized spacial score (nSPS) is 12.4. The third kappa shape index (κ3) is 4.74. The Labute approximate surface area is 132 Å². The number of carbonyl (C=O) groups excluding carboxylic acids is 1. The van der Waals surface area contributed by atoms with Crippen LogP contribution in [0.3, 0.4) is 0 Å². The van der Waals surface area contributed by atoms with Crippen LogP contribution in [0.15, 0.2) is 42.5 Å². The van der Waals surface area contributed by atoms with E-state index in [1.807, 2.05) is 50.5 Å². The van der Waals surface area contributed by atoms with Gasteiger partial charge in [-0.05, 0) is 56.9 Å². The lowest BCUT2D eigenvalue weighted by Crippen LogP contribution is -2.37. The van der Waals surface area contributed by atoms with E-state index < -0.39 is 6.10 Å². The first-order valence-corrected chi connectivity index (χ1v) is 7.64. The molecule has 4 heteroatoms. The predicted octanol–water partition coefficient (Wildman–Crippen LogP) is 2.68. The van der Waals surface area contributed by atoms with Gasteiger partial charge in [0.25, 0.3) is 5.91 Å². The molecule has 4 nitrogen and oxygen atoms in total. The van der Waals surface area contributed by atoms with E-state index in [0.29, 0.717) is 6.54 Å². The van der Waals surface area contributed by atoms with Crippen LogP contribution in [-0.2, 0) is 4.79 Å². The molecule has 0 aliphatic carbocycles. The average molecular weight is 300 g/mol. The van der Waals surface area contributed by atoms with E-state index in [-0.39, 0.29) is 5.91 Å². The SMILES string of the molecule is CC(Oc1ccc2ccccc2c1)C(=O)NCCCN(C)C. The molecule has 22 heavy (non-hydrogen) atoms. The number of hydrogen-bond donors (Lipinski definition) is 1. The molecule has 0 saturated heterocycles. The fourth-order valence-electron chi connectivity index (χ4n) is 2.25. The minimum atomic E-state index is -0.500. The molecule has 0 aliphatic rings. The van der Waals surface area contributed by atoms with Gasteiger partial charge in [0.05, 0.1) is 0 Å². The largest absolute Gasteiger partial charge is 0.481 e. The molecule has 0 spiro atoms. The number of carbonyl (C=O) groups is 1. The van der Waals surface area contributed by atoms with Crippen molar-refractivity contribution in [2.45, 2.75) is 19.4 Å². The van der Waals surface area contributed by atoms with Crippen molar-refractivity contribution in [1.82, 2.24) is 10.2 Å². The zero-order chi connectivity index (χ0) is 15.9. The predicted molar refractivity (Wildman–Crippen MR) is 90.2 cm³/mol. The first-order chi connectivity index (χ1) is 10.6. The highest BCUT2D eigenvalue weighted by molar-refractivity contribution is 5.84. The van der Waals surface area contributed by atoms with Crippen molar-refractivity contribution < 1.29 is 9.53 Å². The van der Waals surface area contributed by atoms with Crippen LogP contribution in [0.25, 0.3) is 10.8 Å². The van der Waals surface area contributed by atoms with Gasteiger partial charge < -0.3 is 15.0 Å². The molecule has 2 aromatic rings. The lowest BCUT2D eigenvalue weighted by Gasteiger charge is -2.16. The monoisotopic (exact) mass is 300 g/mol. The van der Waals surface area contributed by atoms with Crippen molar-refractivity contribution in [2.75, 3.05) is 27.2 Å². The van der Waals surface area contributed by atoms with Gasteiger partial charge in [0.2, 0.25) is 0 Å². The molecular formula is C18H24N2O2. The first kappa shape index (κ1) is 16.3. The van der Waals surface area contributed by atoms with E-state index in [2.05, 4.69) is 16.3 Å². The van der Waals surface area contributed by atoms with Gasteiger partial charge in [-0.2, -0.15) is 0 Å². The molecule has 0 fully saturated rings. The van der Waals surface area contributed by atoms with Crippen LogP contribution < -0.4 is 10.1 Å². The summed E-state index contributed by atoms with van der Waals surface area (Å²) in [6, 6.07) is 14.0. The van der Waals surface area contributed by atoms with Crippen LogP contribution in [0.1, 0.15) is 13.3 Å². The Morgan fingerprint density at radius 3 is 2.64 bits per heavy atom. The molecule has 0 bridgehead atoms. The Kier molecular flexibility index (Phi) is 5.78. The maximum atomic E-state index is 12.0. The van der Waals surface area contributed by atoms with Crippen LogP contribution in [0.2, 0.25) is 0 Å². The average Bonchev–Trinajstić information content (AvgIpc) is 2.51. The fourth-order valence-corrected chi connectivity index (χ4v) is 2.25. The molecule has 2 aromatic carbocycles. The van der Waals surface area contributed by atoms with Gasteiger partial charge in [0.15, 0.2) is 6.10 Å². The molecule has 1 N–H and O–H groups in total. The van der Waals surface area contributed by atoms with Crippen molar-refractivity contribution in [3.8, 4) is 5.75 Å². The Bertz CT molecular complexity index is 625. The lowest BCUT2D eigenvalue weighted by molar-refractivity contribution is -0.127. The lowest BCUT2D eigenvalue weighted by atomic mass is 10.1. The molecule has 0 saturated carbocycles. The van der Waals surface area contributed by atoms with Gasteiger partial charge in [0.1, 0.15) is 5.75 Å². The molecule has 1 amide bonds. The van der Waals surface area contributed by atoms with Crippen molar-refractivity contribution >= 4 is 16.7 Å². The van der Waals surface area contributed by atoms with E-state index in [1.54, 1.807) is 6.92 Å². The summed E-state index contributed by atoms with van der Waals surface area (Å²) in [6.07, 6.45) is 0.432. The Balaban J connectivity index is 1.86. The van der Waals surface area contributed by atoms with Gasteiger partial charge in [0, 0.05) is 6.54 Å². The number of benzene rings is 2. The quantitative estimate of drug-likeness (QED) is 0.799. The minimum Gasteiger partial charge on any atom is -0.481 e. The van der Waals surface area contributed by atoms with Crippen LogP contribution in [0.5, 0.6) is 5.75 Å². The number of nitrogens with zero attached hydrogens (tertiary/aromatic N) is 1. The standard InChI is InChI=1S/C18H24N2O2/c1-14(18(21)19-11-6-12-20(2)3)22-17-10-9-15-7-4-5-8-16(15)13-17/h4-5,7-10,13-14H,6,11-12H2,1-3H3,(H,19,21). The van der Waals surface area contributed by atoms with Crippen molar-refractivity contribution in [3.63, 3.8) is 0 Å². The summed E-state index contributed by atoms with van der Waals surface area (Å²) in [5.74, 6) is 0.640. The van der Waals surface area contributed by atoms with E-state index in [1.165, 1.54) is 0 Å². The third-order valence-corrected chi connectivity index (χ3v) is 3.48. The highest BCUT2D eigenvalue weighted by atomic mass is 16.5. The zero-order valence-corrected chi connectivity index (χ0v) is 13.5. The van der Waals surface area contributed by atoms with Crippen LogP contribution in [0.4, 0.5) is 0 Å². The molecule has 118 valence electrons. The summed E-state index contributed by atoms with van der Waals surface area (Å²) >= 11 is 0. The smallest absolute Gasteiger partial charge is 0.260 e. The second kappa shape index (κ2) is 7.80. The second-order valence-electron chi connectivity index (χ2n) is 5.72. The molecule has 0 aromatic heterocycles. The summed E-state index contributed by atoms with van der Waals surface area (Å²) in [5, 5.41) is 5.18. The number of hydrogen-bond acceptors (Lipinski definition) is 3. The van der Waals surface area contributed by atoms with Crippen LogP contribution >= 0.6 is 0 Å². The van der Waals surface area contributed by atoms with Gasteiger partial charge in [-0.1, -0.05) is 30.3 Å². The summed E-state index contributed by atoms with van der Waals surface area (Å²) in [6.45, 7) is 3.40. The van der Waals surface area contributed by atoms with Crippen LogP contribution in [-0.4, -0.2) is 44.1 Å². The number of amides is 1. The second-order valence-corrected chi connectivity index (χ2v) is 5.72. The summed E-state index contributed by atoms with van der Waals surface area (Å²) in [4.78, 5) is 14.1. The highest BCUT2D eigenvalue weighted by Gasteiger charge is 2.14. The molecule has 0 radical (unpaired) electrons. The number of nitrogens with one attached hydrogen (secondary N) is 1. The molecule has 1 unspecified atom stereocenters. The highest BCUT2D eigenvalue weighted by Crippen LogP contribution is 2.21. The fraction of sp³-hybridized carbons (Fsp3) is 0.389. The van der Waals surface area contributed by atoms with Crippen molar-refractivity contribution in [2.24, 2.45) is 0 Å². The van der Waals surface area contributed by atoms with Crippen molar-refractivity contribution in [1.29, 1.82) is 0 Å². The summed E-state index contributed by atoms with van der Waals surface area (Å²) in [5.41, 5.74) is 0. The number of rotatable bonds is 7. The van der Waals surface area contributed by atoms with Crippen LogP contribution in [0, 0.1) is 0 Å². The van der Waals surface area contributed by atoms with Gasteiger partial charge in [-0.15, -0.1) is 0 Å². The minimum absolute atomic E-state index is 0.0769.